The summed E-state index contributed by atoms with van der Waals surface area (Å²) in [4.78, 5) is 18.2. The number of carbonyl (C=O) groups excluding carboxylic acids is 1. The molecule has 0 radical (unpaired) electrons. The average Bonchev–Trinajstić information content (AvgIpc) is 3.34. The lowest BCUT2D eigenvalue weighted by Gasteiger charge is -2.41. The van der Waals surface area contributed by atoms with Crippen molar-refractivity contribution in [1.82, 2.24) is 10.3 Å². The molecule has 1 amide bonds. The number of anilines is 1. The number of aliphatic hydroxyl groups excluding tert-OH is 1. The van der Waals surface area contributed by atoms with Crippen molar-refractivity contribution in [2.45, 2.75) is 38.2 Å². The van der Waals surface area contributed by atoms with Gasteiger partial charge in [-0.05, 0) is 38.7 Å². The van der Waals surface area contributed by atoms with Crippen LogP contribution in [-0.4, -0.2) is 53.8 Å². The molecule has 25 heavy (non-hydrogen) atoms. The van der Waals surface area contributed by atoms with Gasteiger partial charge in [-0.25, -0.2) is 13.8 Å². The zero-order chi connectivity index (χ0) is 18.2. The number of ether oxygens (including phenoxy) is 1. The summed E-state index contributed by atoms with van der Waals surface area (Å²) in [5, 5.41) is 12.0. The predicted octanol–water partition coefficient (Wildman–Crippen LogP) is 1.83. The van der Waals surface area contributed by atoms with Crippen LogP contribution in [0.15, 0.2) is 12.1 Å². The molecule has 1 aromatic heterocycles. The fraction of sp³-hybridized carbons (Fsp3) is 0.647. The molecule has 8 heteroatoms. The highest BCUT2D eigenvalue weighted by Gasteiger charge is 2.45. The molecule has 0 bridgehead atoms. The van der Waals surface area contributed by atoms with Gasteiger partial charge in [0, 0.05) is 6.07 Å². The lowest BCUT2D eigenvalue weighted by atomic mass is 10.1. The minimum absolute atomic E-state index is 0.0327. The van der Waals surface area contributed by atoms with Gasteiger partial charge >= 0.3 is 0 Å². The molecule has 0 unspecified atom stereocenters. The Balaban J connectivity index is 1.81. The third-order valence-corrected chi connectivity index (χ3v) is 4.26. The van der Waals surface area contributed by atoms with Crippen molar-refractivity contribution < 1.29 is 23.4 Å². The van der Waals surface area contributed by atoms with Crippen molar-refractivity contribution in [3.8, 4) is 5.88 Å². The summed E-state index contributed by atoms with van der Waals surface area (Å²) in [5.41, 5.74) is -0.471. The first-order chi connectivity index (χ1) is 11.7. The van der Waals surface area contributed by atoms with Crippen molar-refractivity contribution in [3.05, 3.63) is 17.8 Å². The minimum atomic E-state index is -2.75. The SMILES string of the molecule is CC(C)(CO)NC(=O)c1nc(OCC2CC2)ccc1N1CC(F)(F)C1. The van der Waals surface area contributed by atoms with E-state index in [-0.39, 0.29) is 12.3 Å². The number of carbonyl (C=O) groups is 1. The molecule has 138 valence electrons. The monoisotopic (exact) mass is 355 g/mol. The number of aromatic nitrogens is 1. The van der Waals surface area contributed by atoms with Crippen molar-refractivity contribution in [2.75, 3.05) is 31.2 Å². The minimum Gasteiger partial charge on any atom is -0.477 e. The van der Waals surface area contributed by atoms with Gasteiger partial charge < -0.3 is 20.1 Å². The summed E-state index contributed by atoms with van der Waals surface area (Å²) in [5.74, 6) is -2.45. The summed E-state index contributed by atoms with van der Waals surface area (Å²) in [6.07, 6.45) is 2.25. The highest BCUT2D eigenvalue weighted by atomic mass is 19.3. The van der Waals surface area contributed by atoms with Crippen LogP contribution in [0, 0.1) is 5.92 Å². The first-order valence-electron chi connectivity index (χ1n) is 8.39. The summed E-state index contributed by atoms with van der Waals surface area (Å²) >= 11 is 0. The van der Waals surface area contributed by atoms with E-state index in [1.54, 1.807) is 26.0 Å². The average molecular weight is 355 g/mol. The molecule has 3 rings (SSSR count). The summed E-state index contributed by atoms with van der Waals surface area (Å²) < 4.78 is 32.0. The van der Waals surface area contributed by atoms with Crippen LogP contribution in [0.4, 0.5) is 14.5 Å². The van der Waals surface area contributed by atoms with Gasteiger partial charge in [0.2, 0.25) is 5.88 Å². The topological polar surface area (TPSA) is 74.7 Å². The lowest BCUT2D eigenvalue weighted by Crippen LogP contribution is -2.57. The summed E-state index contributed by atoms with van der Waals surface area (Å²) in [7, 11) is 0. The molecule has 2 aliphatic rings. The standard InChI is InChI=1S/C17H23F2N3O3/c1-16(2,10-23)21-15(24)14-12(22-8-17(18,19)9-22)5-6-13(20-14)25-7-11-3-4-11/h5-6,11,23H,3-4,7-10H2,1-2H3,(H,21,24). The maximum Gasteiger partial charge on any atom is 0.282 e. The number of alkyl halides is 2. The zero-order valence-electron chi connectivity index (χ0n) is 14.4. The largest absolute Gasteiger partial charge is 0.477 e. The van der Waals surface area contributed by atoms with Crippen molar-refractivity contribution in [1.29, 1.82) is 0 Å². The molecule has 1 aliphatic heterocycles. The maximum atomic E-state index is 13.2. The van der Waals surface area contributed by atoms with Gasteiger partial charge in [0.15, 0.2) is 5.69 Å². The molecule has 1 saturated heterocycles. The quantitative estimate of drug-likeness (QED) is 0.781. The van der Waals surface area contributed by atoms with Gasteiger partial charge in [-0.2, -0.15) is 0 Å². The number of aliphatic hydroxyl groups is 1. The summed E-state index contributed by atoms with van der Waals surface area (Å²) in [6, 6.07) is 3.19. The van der Waals surface area contributed by atoms with E-state index in [9.17, 15) is 18.7 Å². The van der Waals surface area contributed by atoms with Gasteiger partial charge in [0.05, 0.1) is 37.5 Å². The van der Waals surface area contributed by atoms with E-state index in [0.29, 0.717) is 24.1 Å². The number of hydrogen-bond donors (Lipinski definition) is 2. The molecule has 0 aromatic carbocycles. The normalized spacial score (nSPS) is 19.3. The van der Waals surface area contributed by atoms with E-state index < -0.39 is 30.5 Å². The first-order valence-corrected chi connectivity index (χ1v) is 8.39. The van der Waals surface area contributed by atoms with E-state index >= 15 is 0 Å². The van der Waals surface area contributed by atoms with Crippen LogP contribution in [0.25, 0.3) is 0 Å². The number of nitrogens with one attached hydrogen (secondary N) is 1. The fourth-order valence-electron chi connectivity index (χ4n) is 2.51. The maximum absolute atomic E-state index is 13.2. The third-order valence-electron chi connectivity index (χ3n) is 4.26. The Morgan fingerprint density at radius 2 is 2.12 bits per heavy atom. The van der Waals surface area contributed by atoms with E-state index in [4.69, 9.17) is 4.74 Å². The van der Waals surface area contributed by atoms with Crippen molar-refractivity contribution in [3.63, 3.8) is 0 Å². The molecular weight excluding hydrogens is 332 g/mol. The van der Waals surface area contributed by atoms with E-state index in [1.165, 1.54) is 4.90 Å². The van der Waals surface area contributed by atoms with Crippen LogP contribution in [0.3, 0.4) is 0 Å². The van der Waals surface area contributed by atoms with Gasteiger partial charge in [0.1, 0.15) is 0 Å². The Hall–Kier alpha value is -1.96. The Kier molecular flexibility index (Phi) is 4.57. The Labute approximate surface area is 145 Å². The second-order valence-electron chi connectivity index (χ2n) is 7.48. The Morgan fingerprint density at radius 3 is 2.68 bits per heavy atom. The number of amides is 1. The fourth-order valence-corrected chi connectivity index (χ4v) is 2.51. The van der Waals surface area contributed by atoms with Crippen LogP contribution < -0.4 is 15.0 Å². The number of pyridine rings is 1. The molecular formula is C17H23F2N3O3. The second-order valence-corrected chi connectivity index (χ2v) is 7.48. The van der Waals surface area contributed by atoms with Gasteiger partial charge in [-0.15, -0.1) is 0 Å². The highest BCUT2D eigenvalue weighted by Crippen LogP contribution is 2.35. The van der Waals surface area contributed by atoms with E-state index in [2.05, 4.69) is 10.3 Å². The van der Waals surface area contributed by atoms with Crippen molar-refractivity contribution in [2.24, 2.45) is 5.92 Å². The van der Waals surface area contributed by atoms with Crippen LogP contribution >= 0.6 is 0 Å². The number of hydrogen-bond acceptors (Lipinski definition) is 5. The van der Waals surface area contributed by atoms with Crippen LogP contribution in [0.5, 0.6) is 5.88 Å². The van der Waals surface area contributed by atoms with Gasteiger partial charge in [-0.3, -0.25) is 4.79 Å². The Bertz CT molecular complexity index is 655. The summed E-state index contributed by atoms with van der Waals surface area (Å²) in [6.45, 7) is 2.72. The van der Waals surface area contributed by atoms with Crippen molar-refractivity contribution >= 4 is 11.6 Å². The number of halogens is 2. The number of rotatable bonds is 7. The third kappa shape index (κ3) is 4.36. The predicted molar refractivity (Wildman–Crippen MR) is 88.2 cm³/mol. The van der Waals surface area contributed by atoms with Crippen LogP contribution in [-0.2, 0) is 0 Å². The molecule has 1 aromatic rings. The second kappa shape index (κ2) is 6.40. The molecule has 1 saturated carbocycles. The molecule has 2 fully saturated rings. The van der Waals surface area contributed by atoms with Crippen LogP contribution in [0.2, 0.25) is 0 Å². The number of nitrogens with zero attached hydrogens (tertiary/aromatic N) is 2. The van der Waals surface area contributed by atoms with E-state index in [1.807, 2.05) is 0 Å². The Morgan fingerprint density at radius 1 is 1.44 bits per heavy atom. The lowest BCUT2D eigenvalue weighted by molar-refractivity contribution is -0.0264. The van der Waals surface area contributed by atoms with Gasteiger partial charge in [-0.1, -0.05) is 0 Å². The molecule has 2 heterocycles. The zero-order valence-corrected chi connectivity index (χ0v) is 14.4. The molecule has 1 aliphatic carbocycles. The molecule has 0 spiro atoms. The smallest absolute Gasteiger partial charge is 0.282 e. The first kappa shape index (κ1) is 17.8. The van der Waals surface area contributed by atoms with E-state index in [0.717, 1.165) is 12.8 Å². The molecule has 0 atom stereocenters. The highest BCUT2D eigenvalue weighted by molar-refractivity contribution is 5.98. The molecule has 6 nitrogen and oxygen atoms in total. The molecule has 2 N–H and O–H groups in total. The van der Waals surface area contributed by atoms with Gasteiger partial charge in [0.25, 0.3) is 11.8 Å². The van der Waals surface area contributed by atoms with Crippen LogP contribution in [0.1, 0.15) is 37.2 Å².